The molecule has 0 fully saturated rings. The number of rotatable bonds is 3. The number of aliphatic hydroxyl groups is 1. The van der Waals surface area contributed by atoms with E-state index in [4.69, 9.17) is 5.21 Å². The lowest BCUT2D eigenvalue weighted by molar-refractivity contribution is 0.272. The molecule has 1 atom stereocenters. The highest BCUT2D eigenvalue weighted by Crippen LogP contribution is 2.25. The van der Waals surface area contributed by atoms with Gasteiger partial charge in [0.1, 0.15) is 0 Å². The summed E-state index contributed by atoms with van der Waals surface area (Å²) in [4.78, 5) is 17.3. The number of benzene rings is 1. The minimum atomic E-state index is -0.371. The van der Waals surface area contributed by atoms with E-state index in [1.165, 1.54) is 10.7 Å². The second kappa shape index (κ2) is 5.94. The molecule has 3 N–H and O–H groups in total. The lowest BCUT2D eigenvalue weighted by atomic mass is 9.97. The Bertz CT molecular complexity index is 964. The molecule has 116 valence electrons. The first-order chi connectivity index (χ1) is 11.2. The molecule has 1 unspecified atom stereocenters. The zero-order valence-electron chi connectivity index (χ0n) is 12.4. The molecule has 2 heterocycles. The maximum atomic E-state index is 12.8. The van der Waals surface area contributed by atoms with Crippen molar-refractivity contribution in [1.29, 1.82) is 0 Å². The lowest BCUT2D eigenvalue weighted by Crippen LogP contribution is -2.24. The number of fused-ring (bicyclic) bond motifs is 1. The Labute approximate surface area is 131 Å². The van der Waals surface area contributed by atoms with Crippen molar-refractivity contribution in [3.05, 3.63) is 63.0 Å². The van der Waals surface area contributed by atoms with E-state index < -0.39 is 0 Å². The molecule has 23 heavy (non-hydrogen) atoms. The minimum Gasteiger partial charge on any atom is -0.396 e. The summed E-state index contributed by atoms with van der Waals surface area (Å²) < 4.78 is 1.25. The standard InChI is InChI=1S/C16H14N4O3/c1-10(9-21)13-14(11-5-3-2-4-6-11)19-15-12(8-18-23)7-17-20(15)16(13)22/h2-7,10,21,23H,9H2,1H3/p+1. The van der Waals surface area contributed by atoms with Crippen LogP contribution in [0.4, 0.5) is 0 Å². The van der Waals surface area contributed by atoms with E-state index in [0.29, 0.717) is 22.5 Å². The number of nitrogens with zero attached hydrogens (tertiary/aromatic N) is 3. The summed E-state index contributed by atoms with van der Waals surface area (Å²) in [5, 5.41) is 23.8. The van der Waals surface area contributed by atoms with Crippen molar-refractivity contribution >= 4 is 5.65 Å². The molecule has 3 rings (SSSR count). The highest BCUT2D eigenvalue weighted by atomic mass is 16.4. The Morgan fingerprint density at radius 2 is 2.13 bits per heavy atom. The second-order valence-corrected chi connectivity index (χ2v) is 5.19. The highest BCUT2D eigenvalue weighted by Gasteiger charge is 2.22. The van der Waals surface area contributed by atoms with Crippen molar-refractivity contribution in [2.24, 2.45) is 0 Å². The van der Waals surface area contributed by atoms with Crippen LogP contribution in [0, 0.1) is 6.07 Å². The normalized spacial score (nSPS) is 11.9. The molecule has 2 aromatic heterocycles. The molecule has 1 aromatic carbocycles. The first kappa shape index (κ1) is 14.8. The number of H-pyrrole nitrogens is 1. The maximum absolute atomic E-state index is 12.8. The smallest absolute Gasteiger partial charge is 0.393 e. The second-order valence-electron chi connectivity index (χ2n) is 5.19. The van der Waals surface area contributed by atoms with Gasteiger partial charge < -0.3 is 5.11 Å². The number of nitrogens with one attached hydrogen (secondary N) is 1. The summed E-state index contributed by atoms with van der Waals surface area (Å²) in [5.41, 5.74) is 2.06. The van der Waals surface area contributed by atoms with Crippen LogP contribution in [0.1, 0.15) is 24.0 Å². The van der Waals surface area contributed by atoms with Gasteiger partial charge in [0.2, 0.25) is 5.01 Å². The molecule has 0 amide bonds. The summed E-state index contributed by atoms with van der Waals surface area (Å²) in [6, 6.07) is 11.7. The van der Waals surface area contributed by atoms with Crippen molar-refractivity contribution in [2.45, 2.75) is 12.8 Å². The average Bonchev–Trinajstić information content (AvgIpc) is 2.98. The molecular weight excluding hydrogens is 296 g/mol. The average molecular weight is 311 g/mol. The molecule has 0 radical (unpaired) electrons. The zero-order valence-corrected chi connectivity index (χ0v) is 12.4. The fourth-order valence-corrected chi connectivity index (χ4v) is 2.52. The molecule has 0 aliphatic carbocycles. The van der Waals surface area contributed by atoms with E-state index in [-0.39, 0.29) is 18.1 Å². The van der Waals surface area contributed by atoms with Gasteiger partial charge in [-0.2, -0.15) is 9.72 Å². The molecule has 0 saturated carbocycles. The predicted octanol–water partition coefficient (Wildman–Crippen LogP) is 1.86. The Hall–Kier alpha value is -3.11. The first-order valence-electron chi connectivity index (χ1n) is 7.07. The fourth-order valence-electron chi connectivity index (χ4n) is 2.52. The van der Waals surface area contributed by atoms with E-state index in [2.05, 4.69) is 21.2 Å². The Kier molecular flexibility index (Phi) is 3.83. The number of aromatic nitrogens is 3. The van der Waals surface area contributed by atoms with Crippen LogP contribution in [0.3, 0.4) is 0 Å². The number of aromatic amines is 1. The van der Waals surface area contributed by atoms with Crippen LogP contribution in [0.15, 0.2) is 41.3 Å². The monoisotopic (exact) mass is 311 g/mol. The molecule has 0 saturated heterocycles. The molecule has 0 aliphatic heterocycles. The predicted molar refractivity (Wildman–Crippen MR) is 84.9 cm³/mol. The van der Waals surface area contributed by atoms with Crippen LogP contribution in [0.25, 0.3) is 21.9 Å². The summed E-state index contributed by atoms with van der Waals surface area (Å²) >= 11 is 0. The zero-order chi connectivity index (χ0) is 16.4. The van der Waals surface area contributed by atoms with Crippen LogP contribution in [-0.2, 0) is 0 Å². The van der Waals surface area contributed by atoms with Crippen LogP contribution in [0.5, 0.6) is 0 Å². The van der Waals surface area contributed by atoms with Gasteiger partial charge in [0.05, 0.1) is 11.3 Å². The van der Waals surface area contributed by atoms with Crippen LogP contribution in [-0.4, -0.2) is 31.5 Å². The first-order valence-corrected chi connectivity index (χ1v) is 7.07. The SMILES string of the molecule is CC(CO)c1c(-c2ccccc2)nc2c(C#[N+]O)c[nH]n2c1=O. The molecule has 0 bridgehead atoms. The third-order valence-electron chi connectivity index (χ3n) is 3.68. The summed E-state index contributed by atoms with van der Waals surface area (Å²) in [5.74, 6) is -0.371. The van der Waals surface area contributed by atoms with Crippen molar-refractivity contribution in [3.8, 4) is 17.3 Å². The molecule has 0 spiro atoms. The van der Waals surface area contributed by atoms with E-state index in [9.17, 15) is 9.90 Å². The fraction of sp³-hybridized carbons (Fsp3) is 0.188. The Balaban J connectivity index is 2.41. The van der Waals surface area contributed by atoms with E-state index in [0.717, 1.165) is 5.56 Å². The van der Waals surface area contributed by atoms with Gasteiger partial charge in [-0.1, -0.05) is 37.3 Å². The van der Waals surface area contributed by atoms with Gasteiger partial charge in [0.15, 0.2) is 11.2 Å². The third-order valence-corrected chi connectivity index (χ3v) is 3.68. The molecule has 0 aliphatic rings. The van der Waals surface area contributed by atoms with Gasteiger partial charge in [0, 0.05) is 24.3 Å². The van der Waals surface area contributed by atoms with Crippen LogP contribution in [0.2, 0.25) is 0 Å². The van der Waals surface area contributed by atoms with Crippen LogP contribution >= 0.6 is 0 Å². The summed E-state index contributed by atoms with van der Waals surface area (Å²) in [6.07, 6.45) is 1.48. The number of hydrogen-bond donors (Lipinski definition) is 3. The van der Waals surface area contributed by atoms with E-state index in [1.54, 1.807) is 6.92 Å². The summed E-state index contributed by atoms with van der Waals surface area (Å²) in [6.45, 7) is 1.60. The van der Waals surface area contributed by atoms with Gasteiger partial charge in [0.25, 0.3) is 5.56 Å². The van der Waals surface area contributed by atoms with Crippen LogP contribution < -0.4 is 5.56 Å². The summed E-state index contributed by atoms with van der Waals surface area (Å²) in [7, 11) is 0. The molecule has 7 heteroatoms. The van der Waals surface area contributed by atoms with Crippen molar-refractivity contribution in [1.82, 2.24) is 14.6 Å². The van der Waals surface area contributed by atoms with E-state index >= 15 is 0 Å². The molecular formula is C16H15N4O3+. The lowest BCUT2D eigenvalue weighted by Gasteiger charge is -2.13. The molecule has 3 aromatic rings. The number of hydrogen-bond acceptors (Lipinski definition) is 4. The van der Waals surface area contributed by atoms with Crippen molar-refractivity contribution in [3.63, 3.8) is 0 Å². The topological polar surface area (TPSA) is 95.0 Å². The largest absolute Gasteiger partial charge is 0.396 e. The third kappa shape index (κ3) is 2.45. The van der Waals surface area contributed by atoms with Gasteiger partial charge in [-0.3, -0.25) is 9.89 Å². The maximum Gasteiger partial charge on any atom is 0.393 e. The van der Waals surface area contributed by atoms with E-state index in [1.807, 2.05) is 30.3 Å². The van der Waals surface area contributed by atoms with Gasteiger partial charge in [-0.15, -0.1) is 0 Å². The Morgan fingerprint density at radius 1 is 1.39 bits per heavy atom. The van der Waals surface area contributed by atoms with Gasteiger partial charge in [-0.25, -0.2) is 4.98 Å². The quantitative estimate of drug-likeness (QED) is 0.643. The highest BCUT2D eigenvalue weighted by molar-refractivity contribution is 5.68. The van der Waals surface area contributed by atoms with Gasteiger partial charge >= 0.3 is 6.07 Å². The molecule has 7 nitrogen and oxygen atoms in total. The van der Waals surface area contributed by atoms with Crippen molar-refractivity contribution in [2.75, 3.05) is 6.61 Å². The Morgan fingerprint density at radius 3 is 2.78 bits per heavy atom. The minimum absolute atomic E-state index is 0.166. The van der Waals surface area contributed by atoms with Gasteiger partial charge in [-0.05, 0) is 0 Å². The van der Waals surface area contributed by atoms with Crippen molar-refractivity contribution < 1.29 is 10.3 Å². The number of aliphatic hydroxyl groups excluding tert-OH is 1.